The summed E-state index contributed by atoms with van der Waals surface area (Å²) in [6, 6.07) is 0.163. The Labute approximate surface area is 104 Å². The molecule has 0 aromatic heterocycles. The van der Waals surface area contributed by atoms with Crippen LogP contribution in [-0.4, -0.2) is 35.8 Å². The third-order valence-electron chi connectivity index (χ3n) is 2.61. The average molecular weight is 289 g/mol. The van der Waals surface area contributed by atoms with E-state index >= 15 is 0 Å². The van der Waals surface area contributed by atoms with Gasteiger partial charge in [-0.3, -0.25) is 9.59 Å². The minimum absolute atomic E-state index is 0.0628. The lowest BCUT2D eigenvalue weighted by molar-refractivity contribution is -0.129. The van der Waals surface area contributed by atoms with Crippen LogP contribution in [0.5, 0.6) is 0 Å². The van der Waals surface area contributed by atoms with Crippen LogP contribution in [0.2, 0.25) is 0 Å². The first kappa shape index (κ1) is 13.2. The van der Waals surface area contributed by atoms with Gasteiger partial charge in [0.2, 0.25) is 11.8 Å². The lowest BCUT2D eigenvalue weighted by atomic mass is 10.1. The lowest BCUT2D eigenvalue weighted by Gasteiger charge is -2.20. The fraction of sp³-hybridized carbons (Fsp3) is 0.636. The standard InChI is InChI=1S/C11H17BrN2O2/c1-7(2)14-6-9(4-10(14)15)11(16)13-5-8(3)12/h7,9H,3-6H2,1-2H3,(H,13,16). The quantitative estimate of drug-likeness (QED) is 0.847. The molecule has 0 aromatic carbocycles. The first-order valence-corrected chi connectivity index (χ1v) is 6.11. The first-order chi connectivity index (χ1) is 7.41. The van der Waals surface area contributed by atoms with E-state index in [2.05, 4.69) is 27.8 Å². The Balaban J connectivity index is 2.48. The maximum Gasteiger partial charge on any atom is 0.225 e. The smallest absolute Gasteiger partial charge is 0.225 e. The van der Waals surface area contributed by atoms with Gasteiger partial charge in [0.05, 0.1) is 5.92 Å². The third-order valence-corrected chi connectivity index (χ3v) is 2.89. The summed E-state index contributed by atoms with van der Waals surface area (Å²) in [5.74, 6) is -0.230. The molecule has 5 heteroatoms. The number of carbonyl (C=O) groups is 2. The fourth-order valence-corrected chi connectivity index (χ4v) is 1.87. The van der Waals surface area contributed by atoms with Crippen molar-refractivity contribution >= 4 is 27.7 Å². The summed E-state index contributed by atoms with van der Waals surface area (Å²) in [6.07, 6.45) is 0.318. The lowest BCUT2D eigenvalue weighted by Crippen LogP contribution is -2.35. The van der Waals surface area contributed by atoms with Crippen molar-refractivity contribution in [1.82, 2.24) is 10.2 Å². The van der Waals surface area contributed by atoms with Crippen LogP contribution in [0.25, 0.3) is 0 Å². The van der Waals surface area contributed by atoms with E-state index in [1.807, 2.05) is 13.8 Å². The highest BCUT2D eigenvalue weighted by Crippen LogP contribution is 2.20. The molecule has 1 rings (SSSR count). The van der Waals surface area contributed by atoms with Gasteiger partial charge in [0.25, 0.3) is 0 Å². The second kappa shape index (κ2) is 5.48. The summed E-state index contributed by atoms with van der Waals surface area (Å²) in [6.45, 7) is 8.48. The fourth-order valence-electron chi connectivity index (χ4n) is 1.73. The molecule has 1 unspecified atom stereocenters. The highest BCUT2D eigenvalue weighted by molar-refractivity contribution is 9.11. The number of halogens is 1. The van der Waals surface area contributed by atoms with Crippen LogP contribution in [0.1, 0.15) is 20.3 Å². The van der Waals surface area contributed by atoms with E-state index in [1.165, 1.54) is 0 Å². The number of carbonyl (C=O) groups excluding carboxylic acids is 2. The summed E-state index contributed by atoms with van der Waals surface area (Å²) in [5.41, 5.74) is 0. The van der Waals surface area contributed by atoms with E-state index in [4.69, 9.17) is 0 Å². The van der Waals surface area contributed by atoms with E-state index < -0.39 is 0 Å². The van der Waals surface area contributed by atoms with Crippen LogP contribution < -0.4 is 5.32 Å². The number of nitrogens with one attached hydrogen (secondary N) is 1. The van der Waals surface area contributed by atoms with Gasteiger partial charge in [0.1, 0.15) is 0 Å². The largest absolute Gasteiger partial charge is 0.351 e. The zero-order valence-corrected chi connectivity index (χ0v) is 11.2. The average Bonchev–Trinajstić information content (AvgIpc) is 2.56. The molecule has 1 aliphatic heterocycles. The normalized spacial score (nSPS) is 20.4. The molecule has 16 heavy (non-hydrogen) atoms. The third kappa shape index (κ3) is 3.33. The van der Waals surface area contributed by atoms with Crippen LogP contribution in [0.4, 0.5) is 0 Å². The van der Waals surface area contributed by atoms with Gasteiger partial charge in [-0.2, -0.15) is 0 Å². The molecule has 0 aromatic rings. The topological polar surface area (TPSA) is 49.4 Å². The minimum Gasteiger partial charge on any atom is -0.351 e. The molecule has 1 atom stereocenters. The molecule has 0 bridgehead atoms. The van der Waals surface area contributed by atoms with Crippen molar-refractivity contribution in [3.8, 4) is 0 Å². The zero-order chi connectivity index (χ0) is 12.3. The van der Waals surface area contributed by atoms with Gasteiger partial charge in [-0.15, -0.1) is 0 Å². The van der Waals surface area contributed by atoms with E-state index in [0.29, 0.717) is 19.5 Å². The van der Waals surface area contributed by atoms with E-state index in [1.54, 1.807) is 4.90 Å². The van der Waals surface area contributed by atoms with Crippen molar-refractivity contribution in [2.24, 2.45) is 5.92 Å². The van der Waals surface area contributed by atoms with Gasteiger partial charge < -0.3 is 10.2 Å². The Kier molecular flexibility index (Phi) is 4.53. The van der Waals surface area contributed by atoms with Crippen LogP contribution in [-0.2, 0) is 9.59 Å². The predicted molar refractivity (Wildman–Crippen MR) is 66.0 cm³/mol. The molecular formula is C11H17BrN2O2. The number of nitrogens with zero attached hydrogens (tertiary/aromatic N) is 1. The van der Waals surface area contributed by atoms with E-state index in [-0.39, 0.29) is 23.8 Å². The van der Waals surface area contributed by atoms with Crippen molar-refractivity contribution in [3.05, 3.63) is 11.1 Å². The molecule has 2 amide bonds. The number of amides is 2. The monoisotopic (exact) mass is 288 g/mol. The van der Waals surface area contributed by atoms with Crippen LogP contribution in [0, 0.1) is 5.92 Å². The molecule has 1 aliphatic rings. The van der Waals surface area contributed by atoms with Crippen molar-refractivity contribution in [2.45, 2.75) is 26.3 Å². The number of hydrogen-bond acceptors (Lipinski definition) is 2. The van der Waals surface area contributed by atoms with Gasteiger partial charge in [-0.1, -0.05) is 22.5 Å². The van der Waals surface area contributed by atoms with Gasteiger partial charge in [0.15, 0.2) is 0 Å². The molecule has 1 heterocycles. The summed E-state index contributed by atoms with van der Waals surface area (Å²) in [4.78, 5) is 25.0. The van der Waals surface area contributed by atoms with E-state index in [9.17, 15) is 9.59 Å². The molecular weight excluding hydrogens is 272 g/mol. The van der Waals surface area contributed by atoms with Gasteiger partial charge in [-0.25, -0.2) is 0 Å². The Morgan fingerprint density at radius 1 is 1.69 bits per heavy atom. The summed E-state index contributed by atoms with van der Waals surface area (Å²) in [7, 11) is 0. The number of rotatable bonds is 4. The Morgan fingerprint density at radius 2 is 2.31 bits per heavy atom. The second-order valence-corrected chi connectivity index (χ2v) is 5.40. The Morgan fingerprint density at radius 3 is 2.75 bits per heavy atom. The SMILES string of the molecule is C=C(Br)CNC(=O)C1CC(=O)N(C(C)C)C1. The van der Waals surface area contributed by atoms with Crippen molar-refractivity contribution in [3.63, 3.8) is 0 Å². The highest BCUT2D eigenvalue weighted by Gasteiger charge is 2.35. The van der Waals surface area contributed by atoms with Crippen molar-refractivity contribution in [2.75, 3.05) is 13.1 Å². The minimum atomic E-state index is -0.221. The molecule has 0 radical (unpaired) electrons. The summed E-state index contributed by atoms with van der Waals surface area (Å²) < 4.78 is 0.728. The summed E-state index contributed by atoms with van der Waals surface area (Å²) in [5, 5.41) is 2.74. The molecule has 4 nitrogen and oxygen atoms in total. The van der Waals surface area contributed by atoms with Gasteiger partial charge >= 0.3 is 0 Å². The van der Waals surface area contributed by atoms with Crippen LogP contribution >= 0.6 is 15.9 Å². The van der Waals surface area contributed by atoms with Crippen molar-refractivity contribution in [1.29, 1.82) is 0 Å². The molecule has 1 N–H and O–H groups in total. The molecule has 90 valence electrons. The Hall–Kier alpha value is -0.840. The first-order valence-electron chi connectivity index (χ1n) is 5.32. The number of likely N-dealkylation sites (tertiary alicyclic amines) is 1. The highest BCUT2D eigenvalue weighted by atomic mass is 79.9. The van der Waals surface area contributed by atoms with Crippen LogP contribution in [0.3, 0.4) is 0 Å². The molecule has 0 spiro atoms. The maximum atomic E-state index is 11.7. The Bertz CT molecular complexity index is 315. The van der Waals surface area contributed by atoms with Crippen molar-refractivity contribution < 1.29 is 9.59 Å². The molecule has 1 fully saturated rings. The molecule has 1 saturated heterocycles. The van der Waals surface area contributed by atoms with Gasteiger partial charge in [0, 0.05) is 30.0 Å². The predicted octanol–water partition coefficient (Wildman–Crippen LogP) is 1.27. The summed E-state index contributed by atoms with van der Waals surface area (Å²) >= 11 is 3.17. The van der Waals surface area contributed by atoms with Gasteiger partial charge in [-0.05, 0) is 13.8 Å². The molecule has 0 saturated carbocycles. The zero-order valence-electron chi connectivity index (χ0n) is 9.62. The maximum absolute atomic E-state index is 11.7. The second-order valence-electron chi connectivity index (χ2n) is 4.28. The van der Waals surface area contributed by atoms with Crippen LogP contribution in [0.15, 0.2) is 11.1 Å². The molecule has 0 aliphatic carbocycles. The number of hydrogen-bond donors (Lipinski definition) is 1. The van der Waals surface area contributed by atoms with E-state index in [0.717, 1.165) is 4.48 Å².